The average molecular weight is 172 g/mol. The van der Waals surface area contributed by atoms with Gasteiger partial charge in [-0.3, -0.25) is 0 Å². The van der Waals surface area contributed by atoms with Crippen molar-refractivity contribution in [2.24, 2.45) is 5.73 Å². The second kappa shape index (κ2) is 4.44. The summed E-state index contributed by atoms with van der Waals surface area (Å²) in [5.74, 6) is 0. The van der Waals surface area contributed by atoms with Gasteiger partial charge in [0.05, 0.1) is 11.6 Å². The van der Waals surface area contributed by atoms with Crippen molar-refractivity contribution in [2.75, 3.05) is 0 Å². The van der Waals surface area contributed by atoms with E-state index in [1.807, 2.05) is 12.1 Å². The van der Waals surface area contributed by atoms with Gasteiger partial charge in [-0.15, -0.1) is 6.58 Å². The largest absolute Gasteiger partial charge is 0.324 e. The van der Waals surface area contributed by atoms with Gasteiger partial charge in [0, 0.05) is 6.04 Å². The van der Waals surface area contributed by atoms with Gasteiger partial charge in [0.1, 0.15) is 0 Å². The number of nitriles is 1. The maximum absolute atomic E-state index is 8.57. The number of nitrogens with zero attached hydrogens (tertiary/aromatic N) is 1. The Bertz CT molecular complexity index is 319. The lowest BCUT2D eigenvalue weighted by molar-refractivity contribution is 0.742. The fourth-order valence-electron chi connectivity index (χ4n) is 1.12. The van der Waals surface area contributed by atoms with E-state index in [1.54, 1.807) is 18.2 Å². The summed E-state index contributed by atoms with van der Waals surface area (Å²) >= 11 is 0. The molecule has 0 radical (unpaired) electrons. The quantitative estimate of drug-likeness (QED) is 0.710. The van der Waals surface area contributed by atoms with Gasteiger partial charge in [-0.25, -0.2) is 0 Å². The average Bonchev–Trinajstić information content (AvgIpc) is 2.18. The van der Waals surface area contributed by atoms with Crippen LogP contribution in [-0.4, -0.2) is 0 Å². The molecular weight excluding hydrogens is 160 g/mol. The molecule has 0 bridgehead atoms. The molecule has 2 nitrogen and oxygen atoms in total. The van der Waals surface area contributed by atoms with Crippen LogP contribution in [0.1, 0.15) is 23.6 Å². The highest BCUT2D eigenvalue weighted by Gasteiger charge is 2.02. The Balaban J connectivity index is 2.80. The van der Waals surface area contributed by atoms with Crippen molar-refractivity contribution in [3.63, 3.8) is 0 Å². The molecule has 0 unspecified atom stereocenters. The summed E-state index contributed by atoms with van der Waals surface area (Å²) in [6.45, 7) is 3.63. The lowest BCUT2D eigenvalue weighted by Crippen LogP contribution is -2.08. The van der Waals surface area contributed by atoms with Crippen molar-refractivity contribution in [1.82, 2.24) is 0 Å². The lowest BCUT2D eigenvalue weighted by atomic mass is 10.0. The molecule has 0 aliphatic rings. The van der Waals surface area contributed by atoms with Gasteiger partial charge < -0.3 is 5.73 Å². The highest BCUT2D eigenvalue weighted by atomic mass is 14.6. The molecule has 0 saturated heterocycles. The zero-order valence-corrected chi connectivity index (χ0v) is 7.40. The third kappa shape index (κ3) is 2.43. The van der Waals surface area contributed by atoms with E-state index in [4.69, 9.17) is 11.0 Å². The molecule has 0 amide bonds. The van der Waals surface area contributed by atoms with E-state index < -0.39 is 0 Å². The van der Waals surface area contributed by atoms with Crippen LogP contribution < -0.4 is 5.73 Å². The van der Waals surface area contributed by atoms with Crippen molar-refractivity contribution >= 4 is 0 Å². The molecule has 2 N–H and O–H groups in total. The van der Waals surface area contributed by atoms with Gasteiger partial charge in [0.2, 0.25) is 0 Å². The fraction of sp³-hybridized carbons (Fsp3) is 0.182. The number of hydrogen-bond donors (Lipinski definition) is 1. The van der Waals surface area contributed by atoms with Crippen LogP contribution in [0.25, 0.3) is 0 Å². The lowest BCUT2D eigenvalue weighted by Gasteiger charge is -2.08. The standard InChI is InChI=1S/C11H12N2/c1-2-3-11(13)10-6-4-9(8-12)5-7-10/h2,4-7,11H,1,3,13H2/t11-/m0/s1. The van der Waals surface area contributed by atoms with E-state index in [9.17, 15) is 0 Å². The topological polar surface area (TPSA) is 49.8 Å². The van der Waals surface area contributed by atoms with Crippen LogP contribution in [0.5, 0.6) is 0 Å². The maximum atomic E-state index is 8.57. The van der Waals surface area contributed by atoms with E-state index >= 15 is 0 Å². The third-order valence-corrected chi connectivity index (χ3v) is 1.89. The minimum Gasteiger partial charge on any atom is -0.324 e. The first kappa shape index (κ1) is 9.50. The molecule has 0 saturated carbocycles. The molecule has 1 aromatic rings. The third-order valence-electron chi connectivity index (χ3n) is 1.89. The predicted molar refractivity (Wildman–Crippen MR) is 52.9 cm³/mol. The SMILES string of the molecule is C=CC[C@H](N)c1ccc(C#N)cc1. The number of rotatable bonds is 3. The molecule has 0 aromatic heterocycles. The second-order valence-electron chi connectivity index (χ2n) is 2.86. The summed E-state index contributed by atoms with van der Waals surface area (Å²) in [6, 6.07) is 9.37. The van der Waals surface area contributed by atoms with Gasteiger partial charge in [-0.2, -0.15) is 5.26 Å². The number of benzene rings is 1. The van der Waals surface area contributed by atoms with Crippen molar-refractivity contribution in [3.05, 3.63) is 48.0 Å². The van der Waals surface area contributed by atoms with Crippen LogP contribution in [0.2, 0.25) is 0 Å². The summed E-state index contributed by atoms with van der Waals surface area (Å²) in [7, 11) is 0. The highest BCUT2D eigenvalue weighted by molar-refractivity contribution is 5.32. The molecule has 1 aromatic carbocycles. The van der Waals surface area contributed by atoms with Gasteiger partial charge in [0.25, 0.3) is 0 Å². The Labute approximate surface area is 78.3 Å². The number of hydrogen-bond acceptors (Lipinski definition) is 2. The zero-order chi connectivity index (χ0) is 9.68. The Kier molecular flexibility index (Phi) is 3.24. The summed E-state index contributed by atoms with van der Waals surface area (Å²) in [5.41, 5.74) is 7.55. The van der Waals surface area contributed by atoms with Gasteiger partial charge >= 0.3 is 0 Å². The van der Waals surface area contributed by atoms with Crippen LogP contribution in [0, 0.1) is 11.3 Å². The fourth-order valence-corrected chi connectivity index (χ4v) is 1.12. The molecule has 0 heterocycles. The van der Waals surface area contributed by atoms with Crippen molar-refractivity contribution in [1.29, 1.82) is 5.26 Å². The van der Waals surface area contributed by atoms with E-state index in [0.29, 0.717) is 5.56 Å². The molecule has 66 valence electrons. The van der Waals surface area contributed by atoms with Gasteiger partial charge in [-0.05, 0) is 24.1 Å². The van der Waals surface area contributed by atoms with E-state index in [0.717, 1.165) is 12.0 Å². The molecule has 13 heavy (non-hydrogen) atoms. The van der Waals surface area contributed by atoms with Crippen LogP contribution in [0.3, 0.4) is 0 Å². The van der Waals surface area contributed by atoms with Crippen LogP contribution in [0.15, 0.2) is 36.9 Å². The summed E-state index contributed by atoms with van der Waals surface area (Å²) in [4.78, 5) is 0. The first-order valence-corrected chi connectivity index (χ1v) is 4.14. The monoisotopic (exact) mass is 172 g/mol. The zero-order valence-electron chi connectivity index (χ0n) is 7.40. The van der Waals surface area contributed by atoms with Crippen molar-refractivity contribution in [2.45, 2.75) is 12.5 Å². The highest BCUT2D eigenvalue weighted by Crippen LogP contribution is 2.14. The Morgan fingerprint density at radius 3 is 2.54 bits per heavy atom. The minimum absolute atomic E-state index is 0.00903. The minimum atomic E-state index is -0.00903. The molecule has 0 aliphatic heterocycles. The molecule has 1 atom stereocenters. The predicted octanol–water partition coefficient (Wildman–Crippen LogP) is 2.13. The maximum Gasteiger partial charge on any atom is 0.0991 e. The van der Waals surface area contributed by atoms with Crippen LogP contribution >= 0.6 is 0 Å². The summed E-state index contributed by atoms with van der Waals surface area (Å²) in [5, 5.41) is 8.57. The summed E-state index contributed by atoms with van der Waals surface area (Å²) < 4.78 is 0. The first-order chi connectivity index (χ1) is 6.27. The van der Waals surface area contributed by atoms with Gasteiger partial charge in [0.15, 0.2) is 0 Å². The Morgan fingerprint density at radius 1 is 1.46 bits per heavy atom. The summed E-state index contributed by atoms with van der Waals surface area (Å²) in [6.07, 6.45) is 2.55. The van der Waals surface area contributed by atoms with Crippen molar-refractivity contribution in [3.8, 4) is 6.07 Å². The molecule has 0 spiro atoms. The van der Waals surface area contributed by atoms with E-state index in [-0.39, 0.29) is 6.04 Å². The van der Waals surface area contributed by atoms with E-state index in [1.165, 1.54) is 0 Å². The molecule has 0 aliphatic carbocycles. The molecule has 2 heteroatoms. The van der Waals surface area contributed by atoms with Crippen LogP contribution in [-0.2, 0) is 0 Å². The molecular formula is C11H12N2. The van der Waals surface area contributed by atoms with Crippen LogP contribution in [0.4, 0.5) is 0 Å². The second-order valence-corrected chi connectivity index (χ2v) is 2.86. The first-order valence-electron chi connectivity index (χ1n) is 4.14. The molecule has 1 rings (SSSR count). The number of nitrogens with two attached hydrogens (primary N) is 1. The Hall–Kier alpha value is -1.59. The molecule has 0 fully saturated rings. The Morgan fingerprint density at radius 2 is 2.08 bits per heavy atom. The smallest absolute Gasteiger partial charge is 0.0991 e. The van der Waals surface area contributed by atoms with Gasteiger partial charge in [-0.1, -0.05) is 18.2 Å². The normalized spacial score (nSPS) is 11.7. The van der Waals surface area contributed by atoms with E-state index in [2.05, 4.69) is 12.6 Å². The van der Waals surface area contributed by atoms with Crippen molar-refractivity contribution < 1.29 is 0 Å².